The molecule has 0 aliphatic heterocycles. The monoisotopic (exact) mass is 276 g/mol. The van der Waals surface area contributed by atoms with E-state index in [-0.39, 0.29) is 30.9 Å². The molecule has 1 aliphatic carbocycles. The van der Waals surface area contributed by atoms with Crippen LogP contribution in [0.2, 0.25) is 0 Å². The van der Waals surface area contributed by atoms with Crippen molar-refractivity contribution in [3.8, 4) is 0 Å². The van der Waals surface area contributed by atoms with Crippen molar-refractivity contribution >= 4 is 23.5 Å². The van der Waals surface area contributed by atoms with Crippen LogP contribution in [0.25, 0.3) is 0 Å². The molecule has 0 aromatic carbocycles. The first-order valence-corrected chi connectivity index (χ1v) is 6.98. The van der Waals surface area contributed by atoms with Crippen molar-refractivity contribution in [2.24, 2.45) is 5.92 Å². The Hall–Kier alpha value is -0.590. The molecule has 1 aliphatic rings. The van der Waals surface area contributed by atoms with Gasteiger partial charge in [0.15, 0.2) is 0 Å². The fourth-order valence-electron chi connectivity index (χ4n) is 2.04. The van der Waals surface area contributed by atoms with E-state index in [1.54, 1.807) is 0 Å². The van der Waals surface area contributed by atoms with Crippen molar-refractivity contribution in [2.45, 2.75) is 37.5 Å². The molecule has 3 atom stereocenters. The molecular weight excluding hydrogens is 256 g/mol. The van der Waals surface area contributed by atoms with E-state index >= 15 is 0 Å². The second kappa shape index (κ2) is 6.54. The first-order chi connectivity index (χ1) is 8.40. The lowest BCUT2D eigenvalue weighted by atomic mass is 9.97. The number of aliphatic hydroxyl groups excluding tert-OH is 2. The maximum Gasteiger partial charge on any atom is 0.302 e. The summed E-state index contributed by atoms with van der Waals surface area (Å²) in [6.07, 6.45) is 0.352. The zero-order valence-electron chi connectivity index (χ0n) is 10.7. The van der Waals surface area contributed by atoms with E-state index in [4.69, 9.17) is 9.84 Å². The minimum atomic E-state index is -0.824. The number of aliphatic hydroxyl groups is 2. The van der Waals surface area contributed by atoms with Gasteiger partial charge in [-0.1, -0.05) is 0 Å². The lowest BCUT2D eigenvalue weighted by Crippen LogP contribution is -2.37. The number of Topliss-reactive ketones (excluding diaryl/α,β-unsaturated/α-hetero) is 1. The number of ketones is 1. The van der Waals surface area contributed by atoms with Crippen molar-refractivity contribution in [2.75, 3.05) is 19.0 Å². The number of esters is 1. The lowest BCUT2D eigenvalue weighted by Gasteiger charge is -2.29. The Labute approximate surface area is 111 Å². The van der Waals surface area contributed by atoms with Crippen molar-refractivity contribution < 1.29 is 24.5 Å². The number of hydrogen-bond acceptors (Lipinski definition) is 6. The Balaban J connectivity index is 2.60. The maximum absolute atomic E-state index is 11.9. The average Bonchev–Trinajstić information content (AvgIpc) is 2.61. The molecule has 1 rings (SSSR count). The Kier molecular flexibility index (Phi) is 5.62. The number of carbonyl (C=O) groups excluding carboxylic acids is 2. The van der Waals surface area contributed by atoms with Crippen LogP contribution in [0, 0.1) is 5.92 Å². The van der Waals surface area contributed by atoms with E-state index in [9.17, 15) is 14.7 Å². The fourth-order valence-corrected chi connectivity index (χ4v) is 3.37. The molecule has 0 aromatic rings. The van der Waals surface area contributed by atoms with Gasteiger partial charge in [-0.15, -0.1) is 11.8 Å². The van der Waals surface area contributed by atoms with E-state index in [2.05, 4.69) is 0 Å². The van der Waals surface area contributed by atoms with Gasteiger partial charge in [-0.2, -0.15) is 0 Å². The van der Waals surface area contributed by atoms with Gasteiger partial charge in [-0.05, 0) is 13.3 Å². The highest BCUT2D eigenvalue weighted by atomic mass is 32.2. The number of thioether (sulfide) groups is 1. The molecule has 3 unspecified atom stereocenters. The summed E-state index contributed by atoms with van der Waals surface area (Å²) < 4.78 is 4.35. The maximum atomic E-state index is 11.9. The summed E-state index contributed by atoms with van der Waals surface area (Å²) in [7, 11) is 0. The average molecular weight is 276 g/mol. The van der Waals surface area contributed by atoms with Gasteiger partial charge in [-0.25, -0.2) is 0 Å². The van der Waals surface area contributed by atoms with Gasteiger partial charge >= 0.3 is 5.97 Å². The normalized spacial score (nSPS) is 29.3. The summed E-state index contributed by atoms with van der Waals surface area (Å²) in [6.45, 7) is 3.09. The summed E-state index contributed by atoms with van der Waals surface area (Å²) in [6, 6.07) is 0. The molecule has 0 saturated heterocycles. The van der Waals surface area contributed by atoms with Crippen molar-refractivity contribution in [1.29, 1.82) is 0 Å². The Morgan fingerprint density at radius 3 is 2.89 bits per heavy atom. The summed E-state index contributed by atoms with van der Waals surface area (Å²) in [5.74, 6) is 0.0478. The van der Waals surface area contributed by atoms with Crippen LogP contribution in [0.15, 0.2) is 0 Å². The second-order valence-electron chi connectivity index (χ2n) is 4.72. The van der Waals surface area contributed by atoms with Crippen LogP contribution in [0.5, 0.6) is 0 Å². The quantitative estimate of drug-likeness (QED) is 0.682. The van der Waals surface area contributed by atoms with Gasteiger partial charge in [0.1, 0.15) is 5.78 Å². The van der Waals surface area contributed by atoms with Crippen molar-refractivity contribution in [3.05, 3.63) is 0 Å². The molecule has 0 heterocycles. The van der Waals surface area contributed by atoms with Crippen LogP contribution in [0.3, 0.4) is 0 Å². The van der Waals surface area contributed by atoms with E-state index < -0.39 is 10.9 Å². The third-order valence-corrected chi connectivity index (χ3v) is 5.04. The summed E-state index contributed by atoms with van der Waals surface area (Å²) >= 11 is 1.34. The van der Waals surface area contributed by atoms with Crippen molar-refractivity contribution in [1.82, 2.24) is 0 Å². The minimum Gasteiger partial charge on any atom is -0.466 e. The summed E-state index contributed by atoms with van der Waals surface area (Å²) in [5.41, 5.74) is 0. The SMILES string of the molecule is CC(=O)OCC1CCC(=O)C1(C)SCC(O)CO. The van der Waals surface area contributed by atoms with Gasteiger partial charge < -0.3 is 14.9 Å². The molecule has 0 aromatic heterocycles. The minimum absolute atomic E-state index is 0.0233. The first-order valence-electron chi connectivity index (χ1n) is 5.99. The number of ether oxygens (including phenoxy) is 1. The van der Waals surface area contributed by atoms with Crippen molar-refractivity contribution in [3.63, 3.8) is 0 Å². The van der Waals surface area contributed by atoms with E-state index in [0.717, 1.165) is 0 Å². The smallest absolute Gasteiger partial charge is 0.302 e. The van der Waals surface area contributed by atoms with Crippen LogP contribution >= 0.6 is 11.8 Å². The molecule has 104 valence electrons. The predicted octanol–water partition coefficient (Wildman–Crippen LogP) is 0.374. The predicted molar refractivity (Wildman–Crippen MR) is 68.3 cm³/mol. The highest BCUT2D eigenvalue weighted by Crippen LogP contribution is 2.43. The van der Waals surface area contributed by atoms with Crippen LogP contribution < -0.4 is 0 Å². The Bertz CT molecular complexity index is 320. The summed E-state index contributed by atoms with van der Waals surface area (Å²) in [4.78, 5) is 22.8. The van der Waals surface area contributed by atoms with Crippen LogP contribution in [0.4, 0.5) is 0 Å². The van der Waals surface area contributed by atoms with Gasteiger partial charge in [0, 0.05) is 25.0 Å². The molecular formula is C12H20O5S. The van der Waals surface area contributed by atoms with Gasteiger partial charge in [0.2, 0.25) is 0 Å². The van der Waals surface area contributed by atoms with Crippen LogP contribution in [0.1, 0.15) is 26.7 Å². The molecule has 1 fully saturated rings. The number of hydrogen-bond donors (Lipinski definition) is 2. The zero-order chi connectivity index (χ0) is 13.8. The van der Waals surface area contributed by atoms with E-state index in [0.29, 0.717) is 18.6 Å². The lowest BCUT2D eigenvalue weighted by molar-refractivity contribution is -0.142. The first kappa shape index (κ1) is 15.5. The van der Waals surface area contributed by atoms with E-state index in [1.165, 1.54) is 18.7 Å². The Morgan fingerprint density at radius 1 is 1.67 bits per heavy atom. The van der Waals surface area contributed by atoms with Crippen LogP contribution in [-0.2, 0) is 14.3 Å². The zero-order valence-corrected chi connectivity index (χ0v) is 11.5. The summed E-state index contributed by atoms with van der Waals surface area (Å²) in [5, 5.41) is 18.1. The highest BCUT2D eigenvalue weighted by Gasteiger charge is 2.47. The molecule has 0 radical (unpaired) electrons. The number of rotatable bonds is 6. The molecule has 6 heteroatoms. The Morgan fingerprint density at radius 2 is 2.33 bits per heavy atom. The third-order valence-electron chi connectivity index (χ3n) is 3.33. The van der Waals surface area contributed by atoms with Gasteiger partial charge in [-0.3, -0.25) is 9.59 Å². The molecule has 18 heavy (non-hydrogen) atoms. The molecule has 0 amide bonds. The fraction of sp³-hybridized carbons (Fsp3) is 0.833. The largest absolute Gasteiger partial charge is 0.466 e. The molecule has 0 spiro atoms. The standard InChI is InChI=1S/C12H20O5S/c1-8(14)17-6-9-3-4-11(16)12(9,2)18-7-10(15)5-13/h9-10,13,15H,3-7H2,1-2H3. The van der Waals surface area contributed by atoms with Gasteiger partial charge in [0.25, 0.3) is 0 Å². The highest BCUT2D eigenvalue weighted by molar-refractivity contribution is 8.01. The van der Waals surface area contributed by atoms with Crippen LogP contribution in [-0.4, -0.2) is 51.8 Å². The van der Waals surface area contributed by atoms with Gasteiger partial charge in [0.05, 0.1) is 24.1 Å². The second-order valence-corrected chi connectivity index (χ2v) is 6.19. The molecule has 0 bridgehead atoms. The molecule has 2 N–H and O–H groups in total. The topological polar surface area (TPSA) is 83.8 Å². The molecule has 1 saturated carbocycles. The van der Waals surface area contributed by atoms with E-state index in [1.807, 2.05) is 6.92 Å². The number of carbonyl (C=O) groups is 2. The third kappa shape index (κ3) is 3.70. The molecule has 5 nitrogen and oxygen atoms in total.